The highest BCUT2D eigenvalue weighted by Gasteiger charge is 2.16. The van der Waals surface area contributed by atoms with Crippen LogP contribution in [-0.4, -0.2) is 8.42 Å². The highest BCUT2D eigenvalue weighted by atomic mass is 35.7. The van der Waals surface area contributed by atoms with Gasteiger partial charge in [0.2, 0.25) is 0 Å². The Morgan fingerprint density at radius 1 is 1.55 bits per heavy atom. The van der Waals surface area contributed by atoms with E-state index in [9.17, 15) is 8.42 Å². The minimum Gasteiger partial charge on any atom is -0.207 e. The quantitative estimate of drug-likeness (QED) is 0.650. The summed E-state index contributed by atoms with van der Waals surface area (Å²) in [5.41, 5.74) is 0. The fraction of sp³-hybridized carbons (Fsp3) is 0.714. The Hall–Kier alpha value is -0.0200. The monoisotopic (exact) mass is 196 g/mol. The van der Waals surface area contributed by atoms with Crippen LogP contribution in [0.3, 0.4) is 0 Å². The maximum absolute atomic E-state index is 10.9. The van der Waals surface area contributed by atoms with Gasteiger partial charge < -0.3 is 0 Å². The number of halogens is 1. The Kier molecular flexibility index (Phi) is 4.11. The third kappa shape index (κ3) is 3.77. The molecule has 2 nitrogen and oxygen atoms in total. The normalized spacial score (nSPS) is 14.1. The van der Waals surface area contributed by atoms with Crippen LogP contribution >= 0.6 is 10.7 Å². The van der Waals surface area contributed by atoms with Crippen LogP contribution in [0.4, 0.5) is 0 Å². The standard InChI is InChI=1S/C7H13ClO2S/c1-4-5-7(6(2)3)11(8,9)10/h5-6H,4H2,1-3H3/b7-5+. The van der Waals surface area contributed by atoms with Crippen LogP contribution in [0.25, 0.3) is 0 Å². The molecule has 0 aromatic heterocycles. The number of rotatable bonds is 3. The molecule has 0 amide bonds. The van der Waals surface area contributed by atoms with E-state index >= 15 is 0 Å². The molecule has 66 valence electrons. The second kappa shape index (κ2) is 4.12. The zero-order chi connectivity index (χ0) is 9.07. The lowest BCUT2D eigenvalue weighted by Crippen LogP contribution is -2.02. The van der Waals surface area contributed by atoms with E-state index in [4.69, 9.17) is 10.7 Å². The minimum absolute atomic E-state index is 0.0301. The molecule has 0 atom stereocenters. The van der Waals surface area contributed by atoms with Gasteiger partial charge in [0.05, 0.1) is 4.91 Å². The van der Waals surface area contributed by atoms with Crippen LogP contribution in [0.2, 0.25) is 0 Å². The van der Waals surface area contributed by atoms with Crippen molar-refractivity contribution < 1.29 is 8.42 Å². The first kappa shape index (κ1) is 11.0. The molecule has 0 rings (SSSR count). The molecule has 0 bridgehead atoms. The molecule has 0 N–H and O–H groups in total. The van der Waals surface area contributed by atoms with Crippen LogP contribution in [0, 0.1) is 5.92 Å². The van der Waals surface area contributed by atoms with Crippen molar-refractivity contribution in [1.82, 2.24) is 0 Å². The van der Waals surface area contributed by atoms with Crippen molar-refractivity contribution in [1.29, 1.82) is 0 Å². The number of hydrogen-bond acceptors (Lipinski definition) is 2. The van der Waals surface area contributed by atoms with Crippen LogP contribution < -0.4 is 0 Å². The fourth-order valence-corrected chi connectivity index (χ4v) is 2.47. The average molecular weight is 197 g/mol. The molecule has 0 aliphatic rings. The lowest BCUT2D eigenvalue weighted by molar-refractivity contribution is 0.608. The SMILES string of the molecule is CC/C=C(\C(C)C)S(=O)(=O)Cl. The Balaban J connectivity index is 4.79. The van der Waals surface area contributed by atoms with Crippen molar-refractivity contribution in [3.8, 4) is 0 Å². The van der Waals surface area contributed by atoms with Gasteiger partial charge in [0.1, 0.15) is 0 Å². The third-order valence-corrected chi connectivity index (χ3v) is 2.99. The van der Waals surface area contributed by atoms with E-state index in [-0.39, 0.29) is 5.92 Å². The first-order chi connectivity index (χ1) is 4.89. The first-order valence-corrected chi connectivity index (χ1v) is 5.85. The highest BCUT2D eigenvalue weighted by molar-refractivity contribution is 8.16. The largest absolute Gasteiger partial charge is 0.257 e. The van der Waals surface area contributed by atoms with E-state index in [1.807, 2.05) is 6.92 Å². The summed E-state index contributed by atoms with van der Waals surface area (Å²) in [5.74, 6) is -0.0301. The van der Waals surface area contributed by atoms with Gasteiger partial charge in [0.25, 0.3) is 9.05 Å². The van der Waals surface area contributed by atoms with Gasteiger partial charge in [-0.05, 0) is 12.3 Å². The van der Waals surface area contributed by atoms with Gasteiger partial charge in [-0.2, -0.15) is 0 Å². The summed E-state index contributed by atoms with van der Waals surface area (Å²) < 4.78 is 21.7. The van der Waals surface area contributed by atoms with E-state index in [0.717, 1.165) is 0 Å². The summed E-state index contributed by atoms with van der Waals surface area (Å²) >= 11 is 0. The minimum atomic E-state index is -3.49. The smallest absolute Gasteiger partial charge is 0.207 e. The molecule has 0 aliphatic heterocycles. The summed E-state index contributed by atoms with van der Waals surface area (Å²) in [4.78, 5) is 0.321. The molecule has 0 spiro atoms. The lowest BCUT2D eigenvalue weighted by Gasteiger charge is -2.05. The Labute approximate surface area is 72.7 Å². The predicted molar refractivity (Wildman–Crippen MR) is 48.0 cm³/mol. The van der Waals surface area contributed by atoms with Crippen LogP contribution in [0.1, 0.15) is 27.2 Å². The van der Waals surface area contributed by atoms with Crippen molar-refractivity contribution in [2.24, 2.45) is 5.92 Å². The summed E-state index contributed by atoms with van der Waals surface area (Å²) in [6, 6.07) is 0. The Morgan fingerprint density at radius 3 is 2.09 bits per heavy atom. The van der Waals surface area contributed by atoms with E-state index in [2.05, 4.69) is 0 Å². The Morgan fingerprint density at radius 2 is 2.00 bits per heavy atom. The zero-order valence-corrected chi connectivity index (χ0v) is 8.54. The molecule has 0 aliphatic carbocycles. The zero-order valence-electron chi connectivity index (χ0n) is 6.96. The topological polar surface area (TPSA) is 34.1 Å². The second-order valence-corrected chi connectivity index (χ2v) is 5.17. The van der Waals surface area contributed by atoms with E-state index in [0.29, 0.717) is 11.3 Å². The van der Waals surface area contributed by atoms with E-state index < -0.39 is 9.05 Å². The maximum Gasteiger partial charge on any atom is 0.257 e. The van der Waals surface area contributed by atoms with Gasteiger partial charge >= 0.3 is 0 Å². The van der Waals surface area contributed by atoms with Crippen molar-refractivity contribution in [2.45, 2.75) is 27.2 Å². The van der Waals surface area contributed by atoms with Gasteiger partial charge in [0.15, 0.2) is 0 Å². The van der Waals surface area contributed by atoms with Gasteiger partial charge in [0, 0.05) is 10.7 Å². The first-order valence-electron chi connectivity index (χ1n) is 3.54. The molecule has 0 radical (unpaired) electrons. The fourth-order valence-electron chi connectivity index (χ4n) is 0.818. The molecule has 0 aromatic rings. The summed E-state index contributed by atoms with van der Waals surface area (Å²) in [7, 11) is 1.68. The van der Waals surface area contributed by atoms with Gasteiger partial charge in [-0.1, -0.05) is 26.8 Å². The molecule has 4 heteroatoms. The van der Waals surface area contributed by atoms with Gasteiger partial charge in [-0.15, -0.1) is 0 Å². The molecule has 0 saturated heterocycles. The average Bonchev–Trinajstić information content (AvgIpc) is 1.79. The van der Waals surface area contributed by atoms with Gasteiger partial charge in [-0.3, -0.25) is 0 Å². The summed E-state index contributed by atoms with van der Waals surface area (Å²) in [5, 5.41) is 0. The van der Waals surface area contributed by atoms with Crippen molar-refractivity contribution in [3.63, 3.8) is 0 Å². The molecule has 0 unspecified atom stereocenters. The maximum atomic E-state index is 10.9. The molecule has 0 fully saturated rings. The molecule has 11 heavy (non-hydrogen) atoms. The van der Waals surface area contributed by atoms with Crippen LogP contribution in [-0.2, 0) is 9.05 Å². The van der Waals surface area contributed by atoms with Crippen LogP contribution in [0.5, 0.6) is 0 Å². The summed E-state index contributed by atoms with van der Waals surface area (Å²) in [6.07, 6.45) is 2.34. The number of hydrogen-bond donors (Lipinski definition) is 0. The molecule has 0 saturated carbocycles. The third-order valence-electron chi connectivity index (χ3n) is 1.26. The highest BCUT2D eigenvalue weighted by Crippen LogP contribution is 2.20. The molecular formula is C7H13ClO2S. The molecular weight excluding hydrogens is 184 g/mol. The van der Waals surface area contributed by atoms with Crippen molar-refractivity contribution >= 4 is 19.7 Å². The van der Waals surface area contributed by atoms with Crippen LogP contribution in [0.15, 0.2) is 11.0 Å². The predicted octanol–water partition coefficient (Wildman–Crippen LogP) is 2.50. The second-order valence-electron chi connectivity index (χ2n) is 2.61. The molecule has 0 aromatic carbocycles. The van der Waals surface area contributed by atoms with E-state index in [1.165, 1.54) is 0 Å². The lowest BCUT2D eigenvalue weighted by atomic mass is 10.2. The van der Waals surface area contributed by atoms with Gasteiger partial charge in [-0.25, -0.2) is 8.42 Å². The summed E-state index contributed by atoms with van der Waals surface area (Å²) in [6.45, 7) is 5.49. The van der Waals surface area contributed by atoms with Crippen molar-refractivity contribution in [3.05, 3.63) is 11.0 Å². The van der Waals surface area contributed by atoms with Crippen molar-refractivity contribution in [2.75, 3.05) is 0 Å². The Bertz CT molecular complexity index is 239. The number of allylic oxidation sites excluding steroid dienone is 2. The van der Waals surface area contributed by atoms with E-state index in [1.54, 1.807) is 19.9 Å². The molecule has 0 heterocycles.